The smallest absolute Gasteiger partial charge is 0.218 e. The summed E-state index contributed by atoms with van der Waals surface area (Å²) in [5, 5.41) is -0.361. The van der Waals surface area contributed by atoms with Gasteiger partial charge in [-0.05, 0) is 37.8 Å². The fourth-order valence-corrected chi connectivity index (χ4v) is 2.84. The van der Waals surface area contributed by atoms with Gasteiger partial charge in [-0.2, -0.15) is 0 Å². The second kappa shape index (κ2) is 15.1. The van der Waals surface area contributed by atoms with E-state index in [0.29, 0.717) is 17.7 Å². The van der Waals surface area contributed by atoms with E-state index in [2.05, 4.69) is 24.8 Å². The number of allylic oxidation sites excluding steroid dienone is 3. The molecule has 8 heteroatoms. The molecule has 0 aliphatic rings. The normalized spacial score (nSPS) is 11.1. The molecule has 0 saturated carbocycles. The average Bonchev–Trinajstić information content (AvgIpc) is 2.71. The Hall–Kier alpha value is -3.06. The predicted octanol–water partition coefficient (Wildman–Crippen LogP) is 5.58. The van der Waals surface area contributed by atoms with Crippen molar-refractivity contribution in [1.29, 1.82) is 0 Å². The van der Waals surface area contributed by atoms with E-state index in [4.69, 9.17) is 4.42 Å². The minimum absolute atomic E-state index is 0.0931. The van der Waals surface area contributed by atoms with Gasteiger partial charge in [0.05, 0.1) is 5.57 Å². The van der Waals surface area contributed by atoms with Crippen LogP contribution in [0.3, 0.4) is 0 Å². The highest BCUT2D eigenvalue weighted by Crippen LogP contribution is 2.25. The summed E-state index contributed by atoms with van der Waals surface area (Å²) in [4.78, 5) is 57.6. The third-order valence-electron chi connectivity index (χ3n) is 4.95. The highest BCUT2D eigenvalue weighted by atomic mass is 35.5. The molecule has 0 aliphatic carbocycles. The zero-order valence-corrected chi connectivity index (χ0v) is 24.0. The van der Waals surface area contributed by atoms with Gasteiger partial charge in [-0.25, -0.2) is 0 Å². The largest absolute Gasteiger partial charge is 0.468 e. The van der Waals surface area contributed by atoms with Crippen LogP contribution in [-0.2, 0) is 19.8 Å². The average molecular weight is 522 g/mol. The fraction of sp³-hybridized carbons (Fsp3) is 0.464. The fourth-order valence-electron chi connectivity index (χ4n) is 2.84. The highest BCUT2D eigenvalue weighted by Gasteiger charge is 2.26. The van der Waals surface area contributed by atoms with Crippen LogP contribution in [0.15, 0.2) is 52.6 Å². The van der Waals surface area contributed by atoms with E-state index in [-0.39, 0.29) is 44.6 Å². The van der Waals surface area contributed by atoms with Crippen LogP contribution in [0.2, 0.25) is 0 Å². The molecule has 0 aromatic carbocycles. The van der Waals surface area contributed by atoms with Gasteiger partial charge in [-0.3, -0.25) is 24.0 Å². The summed E-state index contributed by atoms with van der Waals surface area (Å²) in [6.07, 6.45) is 6.51. The quantitative estimate of drug-likeness (QED) is 0.104. The molecule has 1 aromatic heterocycles. The van der Waals surface area contributed by atoms with Gasteiger partial charge in [0.25, 0.3) is 0 Å². The van der Waals surface area contributed by atoms with Crippen molar-refractivity contribution in [2.24, 2.45) is 5.41 Å². The number of carbonyl (C=O) groups excluding carboxylic acids is 4. The van der Waals surface area contributed by atoms with Crippen molar-refractivity contribution < 1.29 is 23.6 Å². The number of aryl methyl sites for hydroxylation is 1. The Morgan fingerprint density at radius 2 is 1.50 bits per heavy atom. The van der Waals surface area contributed by atoms with Crippen LogP contribution in [-0.4, -0.2) is 41.6 Å². The molecule has 0 radical (unpaired) electrons. The molecule has 0 atom stereocenters. The Morgan fingerprint density at radius 3 is 1.83 bits per heavy atom. The van der Waals surface area contributed by atoms with Crippen molar-refractivity contribution >= 4 is 34.2 Å². The molecule has 36 heavy (non-hydrogen) atoms. The molecule has 0 fully saturated rings. The molecule has 1 heterocycles. The van der Waals surface area contributed by atoms with E-state index in [0.717, 1.165) is 0 Å². The maximum absolute atomic E-state index is 12.1. The molecule has 0 amide bonds. The number of carbonyl (C=O) groups is 4. The first-order chi connectivity index (χ1) is 16.2. The number of hydrogen-bond acceptors (Lipinski definition) is 7. The molecule has 0 spiro atoms. The van der Waals surface area contributed by atoms with Crippen LogP contribution in [0.4, 0.5) is 0 Å². The molecule has 200 valence electrons. The number of rotatable bonds is 9. The van der Waals surface area contributed by atoms with Gasteiger partial charge in [-0.15, -0.1) is 13.2 Å². The summed E-state index contributed by atoms with van der Waals surface area (Å²) in [6, 6.07) is 0. The first-order valence-electron chi connectivity index (χ1n) is 11.2. The lowest BCUT2D eigenvalue weighted by Crippen LogP contribution is -2.28. The van der Waals surface area contributed by atoms with Crippen LogP contribution in [0.25, 0.3) is 0 Å². The van der Waals surface area contributed by atoms with Crippen LogP contribution < -0.4 is 5.43 Å². The van der Waals surface area contributed by atoms with Crippen molar-refractivity contribution in [3.05, 3.63) is 70.5 Å². The molecular formula is C28H40ClNO6. The summed E-state index contributed by atoms with van der Waals surface area (Å²) < 4.78 is 5.25. The minimum atomic E-state index is -0.504. The van der Waals surface area contributed by atoms with E-state index >= 15 is 0 Å². The monoisotopic (exact) mass is 521 g/mol. The van der Waals surface area contributed by atoms with E-state index in [1.165, 1.54) is 27.0 Å². The van der Waals surface area contributed by atoms with Crippen LogP contribution >= 0.6 is 11.6 Å². The number of halogens is 1. The molecular weight excluding hydrogens is 482 g/mol. The van der Waals surface area contributed by atoms with Crippen LogP contribution in [0, 0.1) is 12.3 Å². The van der Waals surface area contributed by atoms with Gasteiger partial charge < -0.3 is 9.32 Å². The second-order valence-corrected chi connectivity index (χ2v) is 10.2. The molecule has 0 saturated heterocycles. The summed E-state index contributed by atoms with van der Waals surface area (Å²) in [6.45, 7) is 20.7. The first-order valence-corrected chi connectivity index (χ1v) is 11.6. The van der Waals surface area contributed by atoms with Crippen molar-refractivity contribution in [2.75, 3.05) is 14.1 Å². The Bertz CT molecular complexity index is 1070. The SMILES string of the molecule is C=CC(C)(C)CC(=O)/C(=C\N(C)C)C(C)=O.C=CC(C)(C)c1c(C)occ(C(C)=O)c1=O.CC(=O)Cl. The number of nitrogens with zero attached hydrogens (tertiary/aromatic N) is 1. The topological polar surface area (TPSA) is 102 Å². The second-order valence-electron chi connectivity index (χ2n) is 9.72. The van der Waals surface area contributed by atoms with Gasteiger partial charge in [0.15, 0.2) is 22.8 Å². The van der Waals surface area contributed by atoms with Crippen molar-refractivity contribution in [2.45, 2.75) is 67.2 Å². The third kappa shape index (κ3) is 12.6. The van der Waals surface area contributed by atoms with Crippen LogP contribution in [0.1, 0.15) is 76.6 Å². The van der Waals surface area contributed by atoms with Gasteiger partial charge in [0.1, 0.15) is 17.6 Å². The lowest BCUT2D eigenvalue weighted by atomic mass is 9.83. The molecule has 7 nitrogen and oxygen atoms in total. The lowest BCUT2D eigenvalue weighted by molar-refractivity contribution is -0.121. The zero-order valence-electron chi connectivity index (χ0n) is 23.2. The molecule has 1 aromatic rings. The summed E-state index contributed by atoms with van der Waals surface area (Å²) in [7, 11) is 3.57. The first kappa shape index (κ1) is 35.1. The molecule has 0 bridgehead atoms. The maximum Gasteiger partial charge on any atom is 0.218 e. The summed E-state index contributed by atoms with van der Waals surface area (Å²) in [5.74, 6) is -0.0839. The molecule has 0 N–H and O–H groups in total. The Kier molecular flexibility index (Phi) is 14.8. The number of ketones is 3. The van der Waals surface area contributed by atoms with Crippen molar-refractivity contribution in [3.63, 3.8) is 0 Å². The summed E-state index contributed by atoms with van der Waals surface area (Å²) >= 11 is 4.64. The summed E-state index contributed by atoms with van der Waals surface area (Å²) in [5.41, 5.74) is -0.208. The highest BCUT2D eigenvalue weighted by molar-refractivity contribution is 6.62. The standard InChI is InChI=1S/C13H21NO2.C13H16O3.C2H3ClO/c1-7-13(3,4)8-12(16)11(10(2)15)9-14(5)6;1-6-13(4,5)11-9(3)16-7-10(8(2)14)12(11)15;1-2(3)4/h7,9H,1,8H2,2-6H3;6-7H,1H2,2-5H3;1H3/b11-9-;;. The zero-order chi connectivity index (χ0) is 29.0. The van der Waals surface area contributed by atoms with Crippen LogP contribution in [0.5, 0.6) is 0 Å². The molecule has 0 unspecified atom stereocenters. The van der Waals surface area contributed by atoms with Gasteiger partial charge in [0, 0.05) is 44.6 Å². The maximum atomic E-state index is 12.1. The Labute approximate surface area is 219 Å². The third-order valence-corrected chi connectivity index (χ3v) is 4.95. The Balaban J connectivity index is 0. The molecule has 0 aliphatic heterocycles. The van der Waals surface area contributed by atoms with E-state index in [1.807, 2.05) is 27.7 Å². The van der Waals surface area contributed by atoms with Gasteiger partial charge in [-0.1, -0.05) is 39.8 Å². The van der Waals surface area contributed by atoms with Crippen molar-refractivity contribution in [1.82, 2.24) is 4.90 Å². The van der Waals surface area contributed by atoms with E-state index in [9.17, 15) is 24.0 Å². The minimum Gasteiger partial charge on any atom is -0.468 e. The van der Waals surface area contributed by atoms with E-state index < -0.39 is 5.41 Å². The number of Topliss-reactive ketones (excluding diaryl/α,β-unsaturated/α-hetero) is 3. The Morgan fingerprint density at radius 1 is 1.03 bits per heavy atom. The van der Waals surface area contributed by atoms with Gasteiger partial charge in [0.2, 0.25) is 5.24 Å². The number of hydrogen-bond donors (Lipinski definition) is 0. The van der Waals surface area contributed by atoms with E-state index in [1.54, 1.807) is 44.3 Å². The predicted molar refractivity (Wildman–Crippen MR) is 146 cm³/mol. The van der Waals surface area contributed by atoms with Crippen molar-refractivity contribution in [3.8, 4) is 0 Å². The molecule has 1 rings (SSSR count). The lowest BCUT2D eigenvalue weighted by Gasteiger charge is -2.21. The van der Waals surface area contributed by atoms with Gasteiger partial charge >= 0.3 is 0 Å².